The lowest BCUT2D eigenvalue weighted by atomic mass is 9.97. The highest BCUT2D eigenvalue weighted by molar-refractivity contribution is 5.69. The Balaban J connectivity index is 3.48. The fraction of sp³-hybridized carbons (Fsp3) is 0.917. The number of aliphatic hydroxyl groups is 1. The zero-order valence-corrected chi connectivity index (χ0v) is 10.2. The van der Waals surface area contributed by atoms with E-state index in [1.807, 2.05) is 13.8 Å². The summed E-state index contributed by atoms with van der Waals surface area (Å²) in [6.45, 7) is 6.65. The van der Waals surface area contributed by atoms with Gasteiger partial charge in [-0.2, -0.15) is 0 Å². The summed E-state index contributed by atoms with van der Waals surface area (Å²) in [5, 5.41) is 8.84. The molecule has 3 heteroatoms. The Bertz CT molecular complexity index is 168. The molecule has 0 aliphatic rings. The predicted octanol–water partition coefficient (Wildman–Crippen LogP) is 2.37. The summed E-state index contributed by atoms with van der Waals surface area (Å²) in [7, 11) is 0. The number of ether oxygens (including phenoxy) is 1. The standard InChI is InChI=1S/C12H24O3/c1-4-15-12(14)8-10(2)6-5-7-11(3)9-13/h10-11,13H,4-9H2,1-3H3. The summed E-state index contributed by atoms with van der Waals surface area (Å²) in [4.78, 5) is 11.1. The summed E-state index contributed by atoms with van der Waals surface area (Å²) < 4.78 is 4.88. The first-order valence-electron chi connectivity index (χ1n) is 5.86. The molecule has 0 aromatic rings. The van der Waals surface area contributed by atoms with Gasteiger partial charge in [0, 0.05) is 13.0 Å². The normalized spacial score (nSPS) is 14.7. The first kappa shape index (κ1) is 14.4. The first-order chi connectivity index (χ1) is 7.10. The van der Waals surface area contributed by atoms with Gasteiger partial charge in [-0.25, -0.2) is 0 Å². The van der Waals surface area contributed by atoms with Crippen molar-refractivity contribution in [1.82, 2.24) is 0 Å². The van der Waals surface area contributed by atoms with Gasteiger partial charge in [-0.3, -0.25) is 4.79 Å². The SMILES string of the molecule is CCOC(=O)CC(C)CCCC(C)CO. The van der Waals surface area contributed by atoms with Crippen LogP contribution in [0.3, 0.4) is 0 Å². The average Bonchev–Trinajstić information content (AvgIpc) is 2.17. The molecule has 15 heavy (non-hydrogen) atoms. The number of esters is 1. The van der Waals surface area contributed by atoms with Crippen LogP contribution in [-0.2, 0) is 9.53 Å². The Labute approximate surface area is 92.8 Å². The van der Waals surface area contributed by atoms with Crippen molar-refractivity contribution in [2.75, 3.05) is 13.2 Å². The highest BCUT2D eigenvalue weighted by atomic mass is 16.5. The molecule has 0 heterocycles. The van der Waals surface area contributed by atoms with Crippen molar-refractivity contribution < 1.29 is 14.6 Å². The molecule has 0 spiro atoms. The highest BCUT2D eigenvalue weighted by Crippen LogP contribution is 2.15. The molecule has 2 unspecified atom stereocenters. The smallest absolute Gasteiger partial charge is 0.306 e. The van der Waals surface area contributed by atoms with Crippen molar-refractivity contribution in [2.45, 2.75) is 46.5 Å². The minimum atomic E-state index is -0.0970. The van der Waals surface area contributed by atoms with E-state index < -0.39 is 0 Å². The van der Waals surface area contributed by atoms with Crippen LogP contribution in [0, 0.1) is 11.8 Å². The van der Waals surface area contributed by atoms with Crippen LogP contribution >= 0.6 is 0 Å². The molecule has 0 saturated heterocycles. The van der Waals surface area contributed by atoms with Gasteiger partial charge in [-0.1, -0.05) is 26.7 Å². The molecule has 0 aromatic heterocycles. The maximum absolute atomic E-state index is 11.1. The second-order valence-corrected chi connectivity index (χ2v) is 4.33. The summed E-state index contributed by atoms with van der Waals surface area (Å²) in [5.41, 5.74) is 0. The van der Waals surface area contributed by atoms with Crippen molar-refractivity contribution in [1.29, 1.82) is 0 Å². The van der Waals surface area contributed by atoms with E-state index in [9.17, 15) is 4.79 Å². The van der Waals surface area contributed by atoms with Gasteiger partial charge in [0.25, 0.3) is 0 Å². The quantitative estimate of drug-likeness (QED) is 0.634. The van der Waals surface area contributed by atoms with E-state index in [1.54, 1.807) is 0 Å². The number of carbonyl (C=O) groups excluding carboxylic acids is 1. The molecule has 2 atom stereocenters. The second kappa shape index (κ2) is 8.72. The predicted molar refractivity (Wildman–Crippen MR) is 60.5 cm³/mol. The number of hydrogen-bond donors (Lipinski definition) is 1. The van der Waals surface area contributed by atoms with Crippen LogP contribution in [0.1, 0.15) is 46.5 Å². The molecule has 0 saturated carbocycles. The third-order valence-electron chi connectivity index (χ3n) is 2.53. The number of rotatable bonds is 8. The maximum Gasteiger partial charge on any atom is 0.306 e. The number of carbonyl (C=O) groups is 1. The van der Waals surface area contributed by atoms with Gasteiger partial charge in [0.1, 0.15) is 0 Å². The van der Waals surface area contributed by atoms with Crippen LogP contribution in [0.25, 0.3) is 0 Å². The van der Waals surface area contributed by atoms with Gasteiger partial charge in [-0.15, -0.1) is 0 Å². The fourth-order valence-electron chi connectivity index (χ4n) is 1.51. The molecule has 3 nitrogen and oxygen atoms in total. The van der Waals surface area contributed by atoms with E-state index in [4.69, 9.17) is 9.84 Å². The van der Waals surface area contributed by atoms with Gasteiger partial charge in [0.05, 0.1) is 6.61 Å². The molecule has 0 aromatic carbocycles. The number of hydrogen-bond acceptors (Lipinski definition) is 3. The summed E-state index contributed by atoms with van der Waals surface area (Å²) in [6.07, 6.45) is 3.65. The second-order valence-electron chi connectivity index (χ2n) is 4.33. The Kier molecular flexibility index (Phi) is 8.38. The van der Waals surface area contributed by atoms with Crippen molar-refractivity contribution in [2.24, 2.45) is 11.8 Å². The third-order valence-corrected chi connectivity index (χ3v) is 2.53. The van der Waals surface area contributed by atoms with E-state index in [-0.39, 0.29) is 12.6 Å². The van der Waals surface area contributed by atoms with Crippen molar-refractivity contribution in [3.8, 4) is 0 Å². The van der Waals surface area contributed by atoms with Crippen molar-refractivity contribution in [3.05, 3.63) is 0 Å². The highest BCUT2D eigenvalue weighted by Gasteiger charge is 2.10. The van der Waals surface area contributed by atoms with Gasteiger partial charge in [-0.05, 0) is 25.2 Å². The third kappa shape index (κ3) is 8.43. The van der Waals surface area contributed by atoms with Crippen LogP contribution < -0.4 is 0 Å². The minimum absolute atomic E-state index is 0.0970. The summed E-state index contributed by atoms with van der Waals surface area (Å²) in [5.74, 6) is 0.662. The van der Waals surface area contributed by atoms with E-state index in [2.05, 4.69) is 6.92 Å². The van der Waals surface area contributed by atoms with E-state index in [0.717, 1.165) is 19.3 Å². The van der Waals surface area contributed by atoms with Gasteiger partial charge in [0.2, 0.25) is 0 Å². The molecule has 1 N–H and O–H groups in total. The van der Waals surface area contributed by atoms with Crippen LogP contribution in [-0.4, -0.2) is 24.3 Å². The van der Waals surface area contributed by atoms with Crippen LogP contribution in [0.15, 0.2) is 0 Å². The maximum atomic E-state index is 11.1. The lowest BCUT2D eigenvalue weighted by molar-refractivity contribution is -0.144. The molecule has 0 aliphatic heterocycles. The van der Waals surface area contributed by atoms with Crippen molar-refractivity contribution in [3.63, 3.8) is 0 Å². The zero-order valence-electron chi connectivity index (χ0n) is 10.2. The van der Waals surface area contributed by atoms with Gasteiger partial charge >= 0.3 is 5.97 Å². The van der Waals surface area contributed by atoms with E-state index in [1.165, 1.54) is 0 Å². The Morgan fingerprint density at radius 2 is 1.87 bits per heavy atom. The molecule has 90 valence electrons. The van der Waals surface area contributed by atoms with Crippen LogP contribution in [0.5, 0.6) is 0 Å². The first-order valence-corrected chi connectivity index (χ1v) is 5.86. The fourth-order valence-corrected chi connectivity index (χ4v) is 1.51. The Hall–Kier alpha value is -0.570. The Morgan fingerprint density at radius 3 is 2.40 bits per heavy atom. The molecule has 0 aliphatic carbocycles. The van der Waals surface area contributed by atoms with Gasteiger partial charge in [0.15, 0.2) is 0 Å². The molecule has 0 radical (unpaired) electrons. The molecular weight excluding hydrogens is 192 g/mol. The minimum Gasteiger partial charge on any atom is -0.466 e. The largest absolute Gasteiger partial charge is 0.466 e. The molecular formula is C12H24O3. The van der Waals surface area contributed by atoms with E-state index >= 15 is 0 Å². The van der Waals surface area contributed by atoms with Crippen molar-refractivity contribution >= 4 is 5.97 Å². The Morgan fingerprint density at radius 1 is 1.27 bits per heavy atom. The average molecular weight is 216 g/mol. The van der Waals surface area contributed by atoms with Crippen LogP contribution in [0.2, 0.25) is 0 Å². The molecule has 0 amide bonds. The lowest BCUT2D eigenvalue weighted by Crippen LogP contribution is -2.10. The number of aliphatic hydroxyl groups excluding tert-OH is 1. The zero-order chi connectivity index (χ0) is 11.7. The van der Waals surface area contributed by atoms with E-state index in [0.29, 0.717) is 24.9 Å². The lowest BCUT2D eigenvalue weighted by Gasteiger charge is -2.12. The summed E-state index contributed by atoms with van der Waals surface area (Å²) in [6, 6.07) is 0. The molecule has 0 bridgehead atoms. The van der Waals surface area contributed by atoms with Gasteiger partial charge < -0.3 is 9.84 Å². The summed E-state index contributed by atoms with van der Waals surface area (Å²) >= 11 is 0. The molecule has 0 rings (SSSR count). The molecule has 0 fully saturated rings. The monoisotopic (exact) mass is 216 g/mol. The van der Waals surface area contributed by atoms with Crippen LogP contribution in [0.4, 0.5) is 0 Å². The topological polar surface area (TPSA) is 46.5 Å².